The fourth-order valence-corrected chi connectivity index (χ4v) is 1.42. The summed E-state index contributed by atoms with van der Waals surface area (Å²) in [4.78, 5) is 2.09. The van der Waals surface area contributed by atoms with Gasteiger partial charge in [-0.05, 0) is 38.7 Å². The Hall–Kier alpha value is -1.27. The van der Waals surface area contributed by atoms with E-state index in [2.05, 4.69) is 21.9 Å². The molecule has 6 heteroatoms. The van der Waals surface area contributed by atoms with E-state index >= 15 is 0 Å². The third-order valence-corrected chi connectivity index (χ3v) is 2.81. The molecule has 0 amide bonds. The quantitative estimate of drug-likeness (QED) is 0.864. The first-order chi connectivity index (χ1) is 8.78. The molecule has 0 spiro atoms. The Morgan fingerprint density at radius 1 is 1.21 bits per heavy atom. The summed E-state index contributed by atoms with van der Waals surface area (Å²) < 4.78 is 39.7. The molecule has 1 unspecified atom stereocenters. The lowest BCUT2D eigenvalue weighted by atomic mass is 10.2. The van der Waals surface area contributed by atoms with Crippen LogP contribution in [-0.4, -0.2) is 37.9 Å². The molecule has 0 radical (unpaired) electrons. The van der Waals surface area contributed by atoms with Crippen molar-refractivity contribution in [3.63, 3.8) is 0 Å². The minimum atomic E-state index is -4.64. The van der Waals surface area contributed by atoms with Gasteiger partial charge in [0.15, 0.2) is 0 Å². The van der Waals surface area contributed by atoms with Crippen LogP contribution in [0.4, 0.5) is 13.2 Å². The van der Waals surface area contributed by atoms with Gasteiger partial charge in [0.1, 0.15) is 5.75 Å². The zero-order valence-corrected chi connectivity index (χ0v) is 11.3. The van der Waals surface area contributed by atoms with E-state index < -0.39 is 6.36 Å². The van der Waals surface area contributed by atoms with Crippen LogP contribution in [0.3, 0.4) is 0 Å². The summed E-state index contributed by atoms with van der Waals surface area (Å²) >= 11 is 0. The van der Waals surface area contributed by atoms with E-state index in [1.165, 1.54) is 12.1 Å². The van der Waals surface area contributed by atoms with Crippen molar-refractivity contribution in [3.05, 3.63) is 29.8 Å². The van der Waals surface area contributed by atoms with Crippen molar-refractivity contribution in [2.24, 2.45) is 0 Å². The van der Waals surface area contributed by atoms with Crippen LogP contribution >= 0.6 is 0 Å². The maximum Gasteiger partial charge on any atom is 0.573 e. The van der Waals surface area contributed by atoms with Crippen LogP contribution in [0.5, 0.6) is 5.75 Å². The van der Waals surface area contributed by atoms with Gasteiger partial charge in [0.2, 0.25) is 0 Å². The minimum Gasteiger partial charge on any atom is -0.406 e. The summed E-state index contributed by atoms with van der Waals surface area (Å²) in [5.41, 5.74) is 0.917. The molecule has 0 fully saturated rings. The fraction of sp³-hybridized carbons (Fsp3) is 0.538. The largest absolute Gasteiger partial charge is 0.573 e. The van der Waals surface area contributed by atoms with Crippen LogP contribution in [-0.2, 0) is 6.54 Å². The van der Waals surface area contributed by atoms with Gasteiger partial charge in [-0.15, -0.1) is 13.2 Å². The molecular formula is C13H19F3N2O. The first-order valence-electron chi connectivity index (χ1n) is 6.00. The Bertz CT molecular complexity index is 376. The molecule has 0 heterocycles. The summed E-state index contributed by atoms with van der Waals surface area (Å²) in [5, 5.41) is 3.25. The summed E-state index contributed by atoms with van der Waals surface area (Å²) in [6.07, 6.45) is -4.64. The Morgan fingerprint density at radius 2 is 1.79 bits per heavy atom. The molecule has 19 heavy (non-hydrogen) atoms. The summed E-state index contributed by atoms with van der Waals surface area (Å²) in [6.45, 7) is 3.52. The van der Waals surface area contributed by atoms with E-state index in [1.807, 2.05) is 14.1 Å². The van der Waals surface area contributed by atoms with Crippen molar-refractivity contribution < 1.29 is 17.9 Å². The second kappa shape index (κ2) is 6.77. The van der Waals surface area contributed by atoms with Gasteiger partial charge in [-0.25, -0.2) is 0 Å². The number of rotatable bonds is 6. The molecule has 1 atom stereocenters. The van der Waals surface area contributed by atoms with Gasteiger partial charge < -0.3 is 15.0 Å². The maximum atomic E-state index is 12.0. The third-order valence-electron chi connectivity index (χ3n) is 2.81. The molecule has 0 saturated heterocycles. The SMILES string of the molecule is CC(CNCc1ccc(OC(F)(F)F)cc1)N(C)C. The molecule has 3 nitrogen and oxygen atoms in total. The molecule has 0 bridgehead atoms. The predicted molar refractivity (Wildman–Crippen MR) is 68.0 cm³/mol. The molecule has 0 aliphatic heterocycles. The Balaban J connectivity index is 2.40. The maximum absolute atomic E-state index is 12.0. The number of halogens is 3. The lowest BCUT2D eigenvalue weighted by molar-refractivity contribution is -0.274. The number of hydrogen-bond donors (Lipinski definition) is 1. The van der Waals surface area contributed by atoms with E-state index in [0.717, 1.165) is 12.1 Å². The molecule has 1 aromatic carbocycles. The van der Waals surface area contributed by atoms with Gasteiger partial charge in [0.05, 0.1) is 0 Å². The Labute approximate surface area is 111 Å². The molecule has 0 aliphatic carbocycles. The molecule has 1 N–H and O–H groups in total. The van der Waals surface area contributed by atoms with Crippen LogP contribution in [0.1, 0.15) is 12.5 Å². The van der Waals surface area contributed by atoms with Crippen LogP contribution < -0.4 is 10.1 Å². The highest BCUT2D eigenvalue weighted by Gasteiger charge is 2.30. The molecule has 1 aromatic rings. The van der Waals surface area contributed by atoms with E-state index in [0.29, 0.717) is 12.6 Å². The average molecular weight is 276 g/mol. The Morgan fingerprint density at radius 3 is 2.26 bits per heavy atom. The molecule has 108 valence electrons. The number of hydrogen-bond acceptors (Lipinski definition) is 3. The molecule has 0 saturated carbocycles. The first-order valence-corrected chi connectivity index (χ1v) is 6.00. The van der Waals surface area contributed by atoms with Crippen LogP contribution in [0.15, 0.2) is 24.3 Å². The zero-order chi connectivity index (χ0) is 14.5. The van der Waals surface area contributed by atoms with Crippen molar-refractivity contribution in [2.45, 2.75) is 25.9 Å². The van der Waals surface area contributed by atoms with Gasteiger partial charge >= 0.3 is 6.36 Å². The van der Waals surface area contributed by atoms with Gasteiger partial charge in [0, 0.05) is 19.1 Å². The van der Waals surface area contributed by atoms with Crippen LogP contribution in [0.2, 0.25) is 0 Å². The van der Waals surface area contributed by atoms with E-state index in [9.17, 15) is 13.2 Å². The van der Waals surface area contributed by atoms with E-state index in [4.69, 9.17) is 0 Å². The number of nitrogens with zero attached hydrogens (tertiary/aromatic N) is 1. The van der Waals surface area contributed by atoms with Crippen molar-refractivity contribution in [3.8, 4) is 5.75 Å². The summed E-state index contributed by atoms with van der Waals surface area (Å²) in [5.74, 6) is -0.196. The van der Waals surface area contributed by atoms with Gasteiger partial charge in [-0.1, -0.05) is 12.1 Å². The predicted octanol–water partition coefficient (Wildman–Crippen LogP) is 2.62. The van der Waals surface area contributed by atoms with E-state index in [-0.39, 0.29) is 5.75 Å². The highest BCUT2D eigenvalue weighted by atomic mass is 19.4. The normalized spacial score (nSPS) is 13.6. The minimum absolute atomic E-state index is 0.196. The van der Waals surface area contributed by atoms with Crippen molar-refractivity contribution in [1.29, 1.82) is 0 Å². The number of nitrogens with one attached hydrogen (secondary N) is 1. The van der Waals surface area contributed by atoms with Crippen molar-refractivity contribution in [1.82, 2.24) is 10.2 Å². The fourth-order valence-electron chi connectivity index (χ4n) is 1.42. The van der Waals surface area contributed by atoms with Crippen molar-refractivity contribution in [2.75, 3.05) is 20.6 Å². The topological polar surface area (TPSA) is 24.5 Å². The Kier molecular flexibility index (Phi) is 5.62. The second-order valence-electron chi connectivity index (χ2n) is 4.64. The lowest BCUT2D eigenvalue weighted by Gasteiger charge is -2.20. The van der Waals surface area contributed by atoms with E-state index in [1.54, 1.807) is 12.1 Å². The average Bonchev–Trinajstić information content (AvgIpc) is 2.29. The molecule has 0 aromatic heterocycles. The smallest absolute Gasteiger partial charge is 0.406 e. The number of ether oxygens (including phenoxy) is 1. The highest BCUT2D eigenvalue weighted by molar-refractivity contribution is 5.27. The molecular weight excluding hydrogens is 257 g/mol. The van der Waals surface area contributed by atoms with Gasteiger partial charge in [-0.3, -0.25) is 0 Å². The summed E-state index contributed by atoms with van der Waals surface area (Å²) in [6, 6.07) is 6.27. The summed E-state index contributed by atoms with van der Waals surface area (Å²) in [7, 11) is 3.99. The van der Waals surface area contributed by atoms with Crippen LogP contribution in [0, 0.1) is 0 Å². The second-order valence-corrected chi connectivity index (χ2v) is 4.64. The number of likely N-dealkylation sites (N-methyl/N-ethyl adjacent to an activating group) is 1. The zero-order valence-electron chi connectivity index (χ0n) is 11.3. The number of alkyl halides is 3. The monoisotopic (exact) mass is 276 g/mol. The van der Waals surface area contributed by atoms with Crippen LogP contribution in [0.25, 0.3) is 0 Å². The standard InChI is InChI=1S/C13H19F3N2O/c1-10(18(2)3)8-17-9-11-4-6-12(7-5-11)19-13(14,15)16/h4-7,10,17H,8-9H2,1-3H3. The molecule has 1 rings (SSSR count). The van der Waals surface area contributed by atoms with Crippen molar-refractivity contribution >= 4 is 0 Å². The highest BCUT2D eigenvalue weighted by Crippen LogP contribution is 2.22. The lowest BCUT2D eigenvalue weighted by Crippen LogP contribution is -2.35. The number of benzene rings is 1. The van der Waals surface area contributed by atoms with Gasteiger partial charge in [0.25, 0.3) is 0 Å². The molecule has 0 aliphatic rings. The third kappa shape index (κ3) is 6.45. The van der Waals surface area contributed by atoms with Gasteiger partial charge in [-0.2, -0.15) is 0 Å². The first kappa shape index (κ1) is 15.8.